The smallest absolute Gasteiger partial charge is 0.356 e. The van der Waals surface area contributed by atoms with Crippen molar-refractivity contribution in [3.05, 3.63) is 34.2 Å². The number of halogens is 1. The summed E-state index contributed by atoms with van der Waals surface area (Å²) in [5.41, 5.74) is 0.310. The Hall–Kier alpha value is -1.96. The molecule has 0 fully saturated rings. The van der Waals surface area contributed by atoms with Gasteiger partial charge in [-0.25, -0.2) is 4.98 Å². The summed E-state index contributed by atoms with van der Waals surface area (Å²) < 4.78 is 39.0. The highest BCUT2D eigenvalue weighted by Gasteiger charge is 2.15. The molecule has 0 aliphatic carbocycles. The van der Waals surface area contributed by atoms with Crippen LogP contribution in [0.15, 0.2) is 23.0 Å². The number of hydrogen-bond acceptors (Lipinski definition) is 5. The van der Waals surface area contributed by atoms with Crippen LogP contribution in [0.3, 0.4) is 0 Å². The van der Waals surface area contributed by atoms with E-state index in [1.54, 1.807) is 6.07 Å². The molecule has 2 rings (SSSR count). The van der Waals surface area contributed by atoms with Crippen molar-refractivity contribution >= 4 is 21.5 Å². The van der Waals surface area contributed by atoms with E-state index in [1.165, 1.54) is 30.7 Å². The lowest BCUT2D eigenvalue weighted by atomic mass is 10.2. The number of aromatic nitrogens is 2. The largest absolute Gasteiger partial charge is 0.488 e. The van der Waals surface area contributed by atoms with Gasteiger partial charge in [0.05, 0.1) is 5.52 Å². The molecule has 0 spiro atoms. The van der Waals surface area contributed by atoms with Gasteiger partial charge in [-0.3, -0.25) is 4.79 Å². The van der Waals surface area contributed by atoms with Gasteiger partial charge in [-0.05, 0) is 19.1 Å². The summed E-state index contributed by atoms with van der Waals surface area (Å²) in [6.45, 7) is 1.47. The van der Waals surface area contributed by atoms with Crippen LogP contribution < -0.4 is 9.74 Å². The molecular weight excluding hydrogens is 263 g/mol. The van der Waals surface area contributed by atoms with E-state index < -0.39 is 10.5 Å². The van der Waals surface area contributed by atoms with E-state index in [0.717, 1.165) is 0 Å². The zero-order valence-electron chi connectivity index (χ0n) is 9.55. The Morgan fingerprint density at radius 2 is 2.06 bits per heavy atom. The van der Waals surface area contributed by atoms with Crippen LogP contribution in [-0.4, -0.2) is 18.0 Å². The first kappa shape index (κ1) is 12.5. The van der Waals surface area contributed by atoms with Crippen molar-refractivity contribution in [1.29, 1.82) is 0 Å². The predicted molar refractivity (Wildman–Crippen MR) is 62.4 cm³/mol. The summed E-state index contributed by atoms with van der Waals surface area (Å²) in [5.74, 6) is -0.256. The van der Waals surface area contributed by atoms with Crippen molar-refractivity contribution in [3.8, 4) is 5.75 Å². The maximum Gasteiger partial charge on any atom is 0.488 e. The number of benzene rings is 1. The molecule has 1 aromatic carbocycles. The van der Waals surface area contributed by atoms with Crippen molar-refractivity contribution in [2.75, 3.05) is 0 Å². The van der Waals surface area contributed by atoms with Crippen LogP contribution >= 0.6 is 0 Å². The van der Waals surface area contributed by atoms with Crippen LogP contribution in [0.25, 0.3) is 11.0 Å². The molecule has 0 aliphatic rings. The SMILES string of the molecule is Cc1nc2c(OS(=O)(=O)F)cccc2n(C)c1=O. The van der Waals surface area contributed by atoms with Crippen molar-refractivity contribution < 1.29 is 16.5 Å². The second-order valence-electron chi connectivity index (χ2n) is 3.66. The Labute approximate surface area is 102 Å². The number of aryl methyl sites for hydroxylation is 2. The summed E-state index contributed by atoms with van der Waals surface area (Å²) in [4.78, 5) is 15.6. The van der Waals surface area contributed by atoms with E-state index in [9.17, 15) is 17.1 Å². The van der Waals surface area contributed by atoms with Gasteiger partial charge in [-0.15, -0.1) is 0 Å². The molecule has 0 saturated carbocycles. The van der Waals surface area contributed by atoms with Gasteiger partial charge >= 0.3 is 10.5 Å². The van der Waals surface area contributed by atoms with E-state index in [0.29, 0.717) is 5.52 Å². The number of fused-ring (bicyclic) bond motifs is 1. The van der Waals surface area contributed by atoms with Gasteiger partial charge in [0.1, 0.15) is 11.2 Å². The number of nitrogens with zero attached hydrogens (tertiary/aromatic N) is 2. The minimum absolute atomic E-state index is 0.110. The standard InChI is InChI=1S/C10H9FN2O4S/c1-6-10(14)13(2)7-4-3-5-8(9(7)12-6)17-18(11,15)16/h3-5H,1-2H3. The molecule has 1 heterocycles. The summed E-state index contributed by atoms with van der Waals surface area (Å²) >= 11 is 0. The normalized spacial score (nSPS) is 11.7. The number of hydrogen-bond donors (Lipinski definition) is 0. The second-order valence-corrected chi connectivity index (χ2v) is 4.61. The molecule has 0 amide bonds. The van der Waals surface area contributed by atoms with Crippen LogP contribution in [0.5, 0.6) is 5.75 Å². The second kappa shape index (κ2) is 4.05. The maximum atomic E-state index is 12.5. The summed E-state index contributed by atoms with van der Waals surface area (Å²) in [6, 6.07) is 4.26. The highest BCUT2D eigenvalue weighted by atomic mass is 32.3. The van der Waals surface area contributed by atoms with E-state index in [1.807, 2.05) is 0 Å². The molecule has 18 heavy (non-hydrogen) atoms. The predicted octanol–water partition coefficient (Wildman–Crippen LogP) is 0.835. The molecule has 0 atom stereocenters. The Balaban J connectivity index is 2.82. The van der Waals surface area contributed by atoms with Crippen LogP contribution in [0.4, 0.5) is 3.89 Å². The fourth-order valence-electron chi connectivity index (χ4n) is 1.64. The molecule has 1 aromatic heterocycles. The Morgan fingerprint density at radius 1 is 1.39 bits per heavy atom. The van der Waals surface area contributed by atoms with Gasteiger partial charge in [0.2, 0.25) is 0 Å². The lowest BCUT2D eigenvalue weighted by molar-refractivity contribution is 0.442. The first-order valence-electron chi connectivity index (χ1n) is 4.90. The van der Waals surface area contributed by atoms with Crippen molar-refractivity contribution in [2.24, 2.45) is 7.05 Å². The average molecular weight is 272 g/mol. The zero-order valence-corrected chi connectivity index (χ0v) is 10.4. The lowest BCUT2D eigenvalue weighted by Crippen LogP contribution is -2.21. The Bertz CT molecular complexity index is 782. The molecule has 6 nitrogen and oxygen atoms in total. The van der Waals surface area contributed by atoms with E-state index in [2.05, 4.69) is 9.17 Å². The maximum absolute atomic E-state index is 12.5. The minimum Gasteiger partial charge on any atom is -0.356 e. The first-order valence-corrected chi connectivity index (χ1v) is 6.21. The van der Waals surface area contributed by atoms with E-state index in [-0.39, 0.29) is 22.5 Å². The third-order valence-corrected chi connectivity index (χ3v) is 2.80. The molecule has 0 saturated heterocycles. The topological polar surface area (TPSA) is 78.3 Å². The molecule has 8 heteroatoms. The van der Waals surface area contributed by atoms with Gasteiger partial charge < -0.3 is 8.75 Å². The zero-order chi connectivity index (χ0) is 13.5. The molecule has 0 bridgehead atoms. The molecule has 0 N–H and O–H groups in total. The lowest BCUT2D eigenvalue weighted by Gasteiger charge is -2.08. The third-order valence-electron chi connectivity index (χ3n) is 2.42. The van der Waals surface area contributed by atoms with Gasteiger partial charge in [0.25, 0.3) is 5.56 Å². The number of rotatable bonds is 2. The van der Waals surface area contributed by atoms with Gasteiger partial charge in [-0.2, -0.15) is 8.42 Å². The Morgan fingerprint density at radius 3 is 2.67 bits per heavy atom. The fourth-order valence-corrected chi connectivity index (χ4v) is 1.98. The molecule has 2 aromatic rings. The summed E-state index contributed by atoms with van der Waals surface area (Å²) in [5, 5.41) is 0. The van der Waals surface area contributed by atoms with Crippen molar-refractivity contribution in [3.63, 3.8) is 0 Å². The first-order chi connectivity index (χ1) is 8.29. The van der Waals surface area contributed by atoms with E-state index >= 15 is 0 Å². The summed E-state index contributed by atoms with van der Waals surface area (Å²) in [6.07, 6.45) is 0. The number of para-hydroxylation sites is 1. The van der Waals surface area contributed by atoms with E-state index in [4.69, 9.17) is 0 Å². The molecular formula is C10H9FN2O4S. The molecule has 0 radical (unpaired) electrons. The highest BCUT2D eigenvalue weighted by molar-refractivity contribution is 7.81. The molecule has 0 unspecified atom stereocenters. The molecule has 0 aliphatic heterocycles. The van der Waals surface area contributed by atoms with Gasteiger partial charge in [-0.1, -0.05) is 9.95 Å². The van der Waals surface area contributed by atoms with Crippen LogP contribution in [0.2, 0.25) is 0 Å². The minimum atomic E-state index is -5.13. The van der Waals surface area contributed by atoms with Crippen LogP contribution in [0.1, 0.15) is 5.69 Å². The van der Waals surface area contributed by atoms with Crippen molar-refractivity contribution in [1.82, 2.24) is 9.55 Å². The van der Waals surface area contributed by atoms with Crippen molar-refractivity contribution in [2.45, 2.75) is 6.92 Å². The van der Waals surface area contributed by atoms with Crippen LogP contribution in [0, 0.1) is 6.92 Å². The average Bonchev–Trinajstić information content (AvgIpc) is 2.25. The quantitative estimate of drug-likeness (QED) is 0.757. The van der Waals surface area contributed by atoms with Gasteiger partial charge in [0, 0.05) is 7.05 Å². The highest BCUT2D eigenvalue weighted by Crippen LogP contribution is 2.24. The Kier molecular flexibility index (Phi) is 2.81. The monoisotopic (exact) mass is 272 g/mol. The van der Waals surface area contributed by atoms with Gasteiger partial charge in [0.15, 0.2) is 5.75 Å². The third kappa shape index (κ3) is 2.19. The fraction of sp³-hybridized carbons (Fsp3) is 0.200. The van der Waals surface area contributed by atoms with Crippen LogP contribution in [-0.2, 0) is 17.6 Å². The summed E-state index contributed by atoms with van der Waals surface area (Å²) in [7, 11) is -3.62. The molecule has 96 valence electrons.